The molecule has 1 fully saturated rings. The third kappa shape index (κ3) is 8.90. The maximum Gasteiger partial charge on any atom is 0.261 e. The molecule has 0 bridgehead atoms. The number of hydrogen-bond acceptors (Lipinski definition) is 6. The summed E-state index contributed by atoms with van der Waals surface area (Å²) in [7, 11) is -2.95. The second-order valence-electron chi connectivity index (χ2n) is 15.6. The van der Waals surface area contributed by atoms with E-state index in [1.807, 2.05) is 78.9 Å². The third-order valence-electron chi connectivity index (χ3n) is 10.8. The highest BCUT2D eigenvalue weighted by Gasteiger charge is 2.56. The van der Waals surface area contributed by atoms with Crippen LogP contribution in [0, 0.1) is 5.92 Å². The molecular formula is C48H55ClO6Si. The predicted molar refractivity (Wildman–Crippen MR) is 228 cm³/mol. The Labute approximate surface area is 339 Å². The summed E-state index contributed by atoms with van der Waals surface area (Å²) >= 11 is 7.15. The highest BCUT2D eigenvalue weighted by Crippen LogP contribution is 2.47. The van der Waals surface area contributed by atoms with Crippen molar-refractivity contribution < 1.29 is 28.5 Å². The minimum absolute atomic E-state index is 0.118. The van der Waals surface area contributed by atoms with E-state index in [0.717, 1.165) is 21.5 Å². The van der Waals surface area contributed by atoms with Gasteiger partial charge in [-0.05, 0) is 50.7 Å². The van der Waals surface area contributed by atoms with Gasteiger partial charge >= 0.3 is 0 Å². The molecule has 0 aromatic heterocycles. The van der Waals surface area contributed by atoms with E-state index in [1.165, 1.54) is 0 Å². The van der Waals surface area contributed by atoms with Crippen molar-refractivity contribution in [2.45, 2.75) is 90.0 Å². The van der Waals surface area contributed by atoms with Gasteiger partial charge in [-0.15, -0.1) is 0 Å². The molecule has 0 amide bonds. The van der Waals surface area contributed by atoms with Crippen molar-refractivity contribution in [1.82, 2.24) is 0 Å². The van der Waals surface area contributed by atoms with Crippen molar-refractivity contribution in [3.8, 4) is 5.75 Å². The number of rotatable bonds is 16. The van der Waals surface area contributed by atoms with Crippen LogP contribution in [-0.2, 0) is 44.2 Å². The van der Waals surface area contributed by atoms with Gasteiger partial charge < -0.3 is 28.5 Å². The molecule has 56 heavy (non-hydrogen) atoms. The fraction of sp³-hybridized carbons (Fsp3) is 0.333. The van der Waals surface area contributed by atoms with Crippen LogP contribution in [-0.4, -0.2) is 38.3 Å². The Kier molecular flexibility index (Phi) is 13.7. The van der Waals surface area contributed by atoms with Gasteiger partial charge in [0, 0.05) is 10.9 Å². The van der Waals surface area contributed by atoms with E-state index in [0.29, 0.717) is 34.9 Å². The lowest BCUT2D eigenvalue weighted by Crippen LogP contribution is -2.66. The summed E-state index contributed by atoms with van der Waals surface area (Å²) < 4.78 is 34.0. The molecular weight excluding hydrogens is 736 g/mol. The molecule has 294 valence electrons. The van der Waals surface area contributed by atoms with Crippen LogP contribution in [0.2, 0.25) is 10.1 Å². The fourth-order valence-electron chi connectivity index (χ4n) is 7.97. The number of benzene rings is 5. The number of halogens is 1. The zero-order valence-electron chi connectivity index (χ0n) is 33.2. The first kappa shape index (κ1) is 41.6. The molecule has 1 heterocycles. The molecule has 6 nitrogen and oxygen atoms in total. The molecule has 5 atom stereocenters. The zero-order chi connectivity index (χ0) is 39.8. The SMILES string of the molecule is C=CCOc1cc(Cl)c(CO[Si](c2ccccc2)(c2ccccc2)C(C)(C)C)cc1C1(O)O[C@H](CC)[C@@H](C)[C@H](OCc2ccccc2)[C@H]1OCc1ccccc1. The summed E-state index contributed by atoms with van der Waals surface area (Å²) in [5.41, 5.74) is 3.06. The first-order valence-electron chi connectivity index (χ1n) is 19.5. The minimum atomic E-state index is -2.95. The van der Waals surface area contributed by atoms with Crippen molar-refractivity contribution in [3.05, 3.63) is 173 Å². The molecule has 1 unspecified atom stereocenters. The van der Waals surface area contributed by atoms with Gasteiger partial charge in [-0.25, -0.2) is 0 Å². The quantitative estimate of drug-likeness (QED) is 0.0794. The van der Waals surface area contributed by atoms with Crippen LogP contribution in [0.25, 0.3) is 0 Å². The van der Waals surface area contributed by atoms with Gasteiger partial charge in [0.05, 0.1) is 37.6 Å². The number of hydrogen-bond donors (Lipinski definition) is 1. The standard InChI is InChI=1S/C48H55ClO6Si/c1-7-29-51-44-31-42(49)38(34-54-56(47(4,5)6,39-25-17-11-18-26-39)40-27-19-12-20-28-40)30-41(44)48(50)46(53-33-37-23-15-10-16-24-37)45(35(3)43(8-2)55-48)52-32-36-21-13-9-14-22-36/h7,9-28,30-31,35,43,45-46,50H,1,8,29,32-34H2,2-6H3/t35-,43-,45+,46-,48?/m1/s1. The van der Waals surface area contributed by atoms with Crippen molar-refractivity contribution in [3.63, 3.8) is 0 Å². The van der Waals surface area contributed by atoms with Crippen LogP contribution in [0.3, 0.4) is 0 Å². The van der Waals surface area contributed by atoms with Crippen molar-refractivity contribution >= 4 is 30.3 Å². The smallest absolute Gasteiger partial charge is 0.261 e. The maximum absolute atomic E-state index is 13.3. The molecule has 1 saturated heterocycles. The summed E-state index contributed by atoms with van der Waals surface area (Å²) in [6.07, 6.45) is 0.428. The topological polar surface area (TPSA) is 66.4 Å². The molecule has 0 spiro atoms. The van der Waals surface area contributed by atoms with E-state index in [9.17, 15) is 5.11 Å². The van der Waals surface area contributed by atoms with Gasteiger partial charge in [0.1, 0.15) is 18.5 Å². The first-order chi connectivity index (χ1) is 27.0. The molecule has 1 aliphatic heterocycles. The summed E-state index contributed by atoms with van der Waals surface area (Å²) in [6.45, 7) is 15.7. The molecule has 1 N–H and O–H groups in total. The monoisotopic (exact) mass is 790 g/mol. The average molecular weight is 792 g/mol. The van der Waals surface area contributed by atoms with E-state index in [-0.39, 0.29) is 36.9 Å². The van der Waals surface area contributed by atoms with Crippen LogP contribution < -0.4 is 15.1 Å². The summed E-state index contributed by atoms with van der Waals surface area (Å²) in [5, 5.41) is 15.8. The van der Waals surface area contributed by atoms with Crippen molar-refractivity contribution in [2.75, 3.05) is 6.61 Å². The van der Waals surface area contributed by atoms with Gasteiger partial charge in [-0.2, -0.15) is 0 Å². The Morgan fingerprint density at radius 1 is 0.786 bits per heavy atom. The molecule has 0 radical (unpaired) electrons. The fourth-order valence-corrected chi connectivity index (χ4v) is 12.7. The largest absolute Gasteiger partial charge is 0.489 e. The first-order valence-corrected chi connectivity index (χ1v) is 21.8. The zero-order valence-corrected chi connectivity index (χ0v) is 35.0. The van der Waals surface area contributed by atoms with Crippen molar-refractivity contribution in [1.29, 1.82) is 0 Å². The van der Waals surface area contributed by atoms with Crippen LogP contribution in [0.1, 0.15) is 63.3 Å². The van der Waals surface area contributed by atoms with E-state index < -0.39 is 26.3 Å². The van der Waals surface area contributed by atoms with Gasteiger partial charge in [0.15, 0.2) is 0 Å². The summed E-state index contributed by atoms with van der Waals surface area (Å²) in [4.78, 5) is 0. The average Bonchev–Trinajstić information content (AvgIpc) is 3.21. The molecule has 5 aromatic rings. The number of ether oxygens (including phenoxy) is 4. The van der Waals surface area contributed by atoms with Crippen LogP contribution >= 0.6 is 11.6 Å². The van der Waals surface area contributed by atoms with Gasteiger partial charge in [0.25, 0.3) is 8.32 Å². The minimum Gasteiger partial charge on any atom is -0.489 e. The highest BCUT2D eigenvalue weighted by atomic mass is 35.5. The molecule has 6 rings (SSSR count). The predicted octanol–water partition coefficient (Wildman–Crippen LogP) is 9.74. The Bertz CT molecular complexity index is 1950. The Morgan fingerprint density at radius 3 is 1.80 bits per heavy atom. The Hall–Kier alpha value is -4.05. The van der Waals surface area contributed by atoms with Crippen LogP contribution in [0.5, 0.6) is 5.75 Å². The van der Waals surface area contributed by atoms with Gasteiger partial charge in [-0.3, -0.25) is 0 Å². The third-order valence-corrected chi connectivity index (χ3v) is 16.2. The lowest BCUT2D eigenvalue weighted by atomic mass is 9.81. The second-order valence-corrected chi connectivity index (χ2v) is 20.3. The van der Waals surface area contributed by atoms with E-state index in [2.05, 4.69) is 89.7 Å². The van der Waals surface area contributed by atoms with Crippen molar-refractivity contribution in [2.24, 2.45) is 5.92 Å². The lowest BCUT2D eigenvalue weighted by Gasteiger charge is -2.50. The molecule has 0 aliphatic carbocycles. The molecule has 8 heteroatoms. The summed E-state index contributed by atoms with van der Waals surface area (Å²) in [6, 6.07) is 44.6. The van der Waals surface area contributed by atoms with Crippen LogP contribution in [0.4, 0.5) is 0 Å². The van der Waals surface area contributed by atoms with E-state index >= 15 is 0 Å². The summed E-state index contributed by atoms with van der Waals surface area (Å²) in [5.74, 6) is -1.75. The Morgan fingerprint density at radius 2 is 1.30 bits per heavy atom. The second kappa shape index (κ2) is 18.5. The maximum atomic E-state index is 13.3. The molecule has 5 aromatic carbocycles. The Balaban J connectivity index is 1.47. The van der Waals surface area contributed by atoms with Gasteiger partial charge in [0.2, 0.25) is 5.79 Å². The highest BCUT2D eigenvalue weighted by molar-refractivity contribution is 6.99. The molecule has 0 saturated carbocycles. The number of aliphatic hydroxyl groups is 1. The van der Waals surface area contributed by atoms with Crippen LogP contribution in [0.15, 0.2) is 146 Å². The van der Waals surface area contributed by atoms with E-state index in [4.69, 9.17) is 35.0 Å². The lowest BCUT2D eigenvalue weighted by molar-refractivity contribution is -0.361. The van der Waals surface area contributed by atoms with Gasteiger partial charge in [-0.1, -0.05) is 180 Å². The normalized spacial score (nSPS) is 21.4. The van der Waals surface area contributed by atoms with E-state index in [1.54, 1.807) is 12.1 Å². The molecule has 1 aliphatic rings.